The van der Waals surface area contributed by atoms with Gasteiger partial charge in [-0.3, -0.25) is 0 Å². The Labute approximate surface area is 102 Å². The van der Waals surface area contributed by atoms with Crippen molar-refractivity contribution in [1.29, 1.82) is 0 Å². The van der Waals surface area contributed by atoms with Gasteiger partial charge in [0.1, 0.15) is 0 Å². The fraction of sp³-hybridized carbons (Fsp3) is 1.00. The number of piperidine rings is 1. The molecule has 1 heterocycles. The normalized spacial score (nSPS) is 18.8. The average molecular weight is 233 g/mol. The highest BCUT2D eigenvalue weighted by atomic mass is 32.1. The van der Waals surface area contributed by atoms with E-state index in [2.05, 4.69) is 18.7 Å². The molecule has 0 aromatic carbocycles. The van der Waals surface area contributed by atoms with Gasteiger partial charge in [-0.1, -0.05) is 20.3 Å². The molecule has 3 heteroatoms. The molecule has 0 radical (unpaired) electrons. The molecule has 1 aliphatic heterocycles. The van der Waals surface area contributed by atoms with Crippen molar-refractivity contribution < 1.29 is 4.74 Å². The topological polar surface area (TPSA) is 12.5 Å². The van der Waals surface area contributed by atoms with Crippen LogP contribution < -0.4 is 0 Å². The van der Waals surface area contributed by atoms with Crippen LogP contribution in [0, 0.1) is 0 Å². The number of unbranched alkanes of at least 4 members (excludes halogenated alkanes) is 1. The van der Waals surface area contributed by atoms with Crippen LogP contribution in [0.2, 0.25) is 0 Å². The summed E-state index contributed by atoms with van der Waals surface area (Å²) < 4.78 is 5.76. The predicted octanol–water partition coefficient (Wildman–Crippen LogP) is 2.79. The van der Waals surface area contributed by atoms with Crippen LogP contribution in [-0.4, -0.2) is 37.2 Å². The molecule has 92 valence electrons. The highest BCUT2D eigenvalue weighted by molar-refractivity contribution is 7.59. The third kappa shape index (κ3) is 6.44. The Morgan fingerprint density at radius 3 is 2.33 bits per heavy atom. The number of nitrogens with zero attached hydrogens (tertiary/aromatic N) is 1. The lowest BCUT2D eigenvalue weighted by Gasteiger charge is -2.31. The van der Waals surface area contributed by atoms with Crippen LogP contribution in [0.4, 0.5) is 0 Å². The van der Waals surface area contributed by atoms with E-state index >= 15 is 0 Å². The second kappa shape index (κ2) is 9.49. The Morgan fingerprint density at radius 1 is 1.13 bits per heavy atom. The number of hydrogen-bond donors (Lipinski definition) is 0. The molecule has 15 heavy (non-hydrogen) atoms. The third-order valence-electron chi connectivity index (χ3n) is 2.92. The summed E-state index contributed by atoms with van der Waals surface area (Å²) in [5, 5.41) is 0. The van der Waals surface area contributed by atoms with Gasteiger partial charge in [-0.25, -0.2) is 0 Å². The molecular formula is C12H27NOS. The largest absolute Gasteiger partial charge is 0.378 e. The van der Waals surface area contributed by atoms with Gasteiger partial charge in [-0.05, 0) is 32.2 Å². The summed E-state index contributed by atoms with van der Waals surface area (Å²) in [6, 6.07) is 0. The SMILES string of the molecule is CCCCN1CCC(OCCC)CC1.S. The summed E-state index contributed by atoms with van der Waals surface area (Å²) in [7, 11) is 0. The zero-order chi connectivity index (χ0) is 10.2. The van der Waals surface area contributed by atoms with Crippen LogP contribution in [0.5, 0.6) is 0 Å². The van der Waals surface area contributed by atoms with Crippen LogP contribution in [0.1, 0.15) is 46.0 Å². The molecule has 1 rings (SSSR count). The van der Waals surface area contributed by atoms with Gasteiger partial charge in [0.15, 0.2) is 0 Å². The molecular weight excluding hydrogens is 206 g/mol. The minimum absolute atomic E-state index is 0. The number of rotatable bonds is 6. The maximum atomic E-state index is 5.76. The van der Waals surface area contributed by atoms with Gasteiger partial charge < -0.3 is 9.64 Å². The van der Waals surface area contributed by atoms with Gasteiger partial charge in [0.05, 0.1) is 6.10 Å². The van der Waals surface area contributed by atoms with Crippen LogP contribution in [0.15, 0.2) is 0 Å². The fourth-order valence-electron chi connectivity index (χ4n) is 1.97. The van der Waals surface area contributed by atoms with E-state index in [9.17, 15) is 0 Å². The lowest BCUT2D eigenvalue weighted by Crippen LogP contribution is -2.37. The van der Waals surface area contributed by atoms with Crippen LogP contribution in [0.3, 0.4) is 0 Å². The van der Waals surface area contributed by atoms with Crippen molar-refractivity contribution in [3.8, 4) is 0 Å². The van der Waals surface area contributed by atoms with Gasteiger partial charge in [0.25, 0.3) is 0 Å². The van der Waals surface area contributed by atoms with Gasteiger partial charge in [-0.2, -0.15) is 13.5 Å². The zero-order valence-corrected chi connectivity index (χ0v) is 11.3. The highest BCUT2D eigenvalue weighted by Crippen LogP contribution is 2.14. The molecule has 0 unspecified atom stereocenters. The first kappa shape index (κ1) is 15.3. The van der Waals surface area contributed by atoms with Crippen molar-refractivity contribution >= 4 is 13.5 Å². The zero-order valence-electron chi connectivity index (χ0n) is 10.3. The van der Waals surface area contributed by atoms with Crippen LogP contribution in [0.25, 0.3) is 0 Å². The predicted molar refractivity (Wildman–Crippen MR) is 71.0 cm³/mol. The van der Waals surface area contributed by atoms with Gasteiger partial charge in [0, 0.05) is 19.7 Å². The van der Waals surface area contributed by atoms with E-state index in [1.807, 2.05) is 0 Å². The van der Waals surface area contributed by atoms with Crippen molar-refractivity contribution in [1.82, 2.24) is 4.90 Å². The molecule has 2 nitrogen and oxygen atoms in total. The van der Waals surface area contributed by atoms with E-state index in [1.165, 1.54) is 45.3 Å². The molecule has 1 fully saturated rings. The summed E-state index contributed by atoms with van der Waals surface area (Å²) in [5.74, 6) is 0. The standard InChI is InChI=1S/C12H25NO.H2S/c1-3-5-8-13-9-6-12(7-10-13)14-11-4-2;/h12H,3-11H2,1-2H3;1H2. The monoisotopic (exact) mass is 233 g/mol. The average Bonchev–Trinajstić information content (AvgIpc) is 2.25. The lowest BCUT2D eigenvalue weighted by atomic mass is 10.1. The molecule has 0 bridgehead atoms. The van der Waals surface area contributed by atoms with Gasteiger partial charge >= 0.3 is 0 Å². The Balaban J connectivity index is 0.00000196. The van der Waals surface area contributed by atoms with Crippen molar-refractivity contribution in [3.05, 3.63) is 0 Å². The van der Waals surface area contributed by atoms with E-state index in [1.54, 1.807) is 0 Å². The Morgan fingerprint density at radius 2 is 1.80 bits per heavy atom. The molecule has 0 aliphatic carbocycles. The lowest BCUT2D eigenvalue weighted by molar-refractivity contribution is 0.00773. The van der Waals surface area contributed by atoms with Crippen LogP contribution in [-0.2, 0) is 4.74 Å². The summed E-state index contributed by atoms with van der Waals surface area (Å²) >= 11 is 0. The molecule has 0 amide bonds. The smallest absolute Gasteiger partial charge is 0.0599 e. The highest BCUT2D eigenvalue weighted by Gasteiger charge is 2.18. The molecule has 0 saturated carbocycles. The minimum Gasteiger partial charge on any atom is -0.378 e. The first-order valence-electron chi connectivity index (χ1n) is 6.20. The summed E-state index contributed by atoms with van der Waals surface area (Å²) in [5.41, 5.74) is 0. The van der Waals surface area contributed by atoms with Crippen LogP contribution >= 0.6 is 13.5 Å². The molecule has 1 aliphatic rings. The molecule has 0 spiro atoms. The van der Waals surface area contributed by atoms with E-state index in [4.69, 9.17) is 4.74 Å². The number of ether oxygens (including phenoxy) is 1. The fourth-order valence-corrected chi connectivity index (χ4v) is 1.97. The quantitative estimate of drug-likeness (QED) is 0.699. The van der Waals surface area contributed by atoms with E-state index in [-0.39, 0.29) is 13.5 Å². The molecule has 1 saturated heterocycles. The summed E-state index contributed by atoms with van der Waals surface area (Å²) in [6.07, 6.45) is 6.84. The van der Waals surface area contributed by atoms with Crippen molar-refractivity contribution in [2.75, 3.05) is 26.2 Å². The maximum Gasteiger partial charge on any atom is 0.0599 e. The maximum absolute atomic E-state index is 5.76. The first-order chi connectivity index (χ1) is 6.86. The van der Waals surface area contributed by atoms with Gasteiger partial charge in [-0.15, -0.1) is 0 Å². The summed E-state index contributed by atoms with van der Waals surface area (Å²) in [6.45, 7) is 9.16. The Bertz CT molecular complexity index is 120. The molecule has 0 aromatic heterocycles. The summed E-state index contributed by atoms with van der Waals surface area (Å²) in [4.78, 5) is 2.58. The van der Waals surface area contributed by atoms with Gasteiger partial charge in [0.2, 0.25) is 0 Å². The van der Waals surface area contributed by atoms with Crippen molar-refractivity contribution in [2.45, 2.75) is 52.1 Å². The minimum atomic E-state index is 0. The number of likely N-dealkylation sites (tertiary alicyclic amines) is 1. The third-order valence-corrected chi connectivity index (χ3v) is 2.92. The Hall–Kier alpha value is 0.270. The molecule has 0 atom stereocenters. The second-order valence-corrected chi connectivity index (χ2v) is 4.27. The molecule has 0 aromatic rings. The van der Waals surface area contributed by atoms with Crippen molar-refractivity contribution in [3.63, 3.8) is 0 Å². The van der Waals surface area contributed by atoms with E-state index < -0.39 is 0 Å². The van der Waals surface area contributed by atoms with E-state index in [0.29, 0.717) is 6.10 Å². The van der Waals surface area contributed by atoms with E-state index in [0.717, 1.165) is 13.0 Å². The first-order valence-corrected chi connectivity index (χ1v) is 6.20. The number of hydrogen-bond acceptors (Lipinski definition) is 2. The molecule has 0 N–H and O–H groups in total. The second-order valence-electron chi connectivity index (χ2n) is 4.27. The van der Waals surface area contributed by atoms with Crippen molar-refractivity contribution in [2.24, 2.45) is 0 Å². The Kier molecular flexibility index (Phi) is 9.66.